The number of hydrogen-bond donors (Lipinski definition) is 1. The summed E-state index contributed by atoms with van der Waals surface area (Å²) >= 11 is 6.43. The Kier molecular flexibility index (Phi) is 5.66. The maximum absolute atomic E-state index is 6.64. The predicted molar refractivity (Wildman–Crippen MR) is 108 cm³/mol. The zero-order valence-corrected chi connectivity index (χ0v) is 16.1. The summed E-state index contributed by atoms with van der Waals surface area (Å²) in [5.41, 5.74) is 6.64. The van der Waals surface area contributed by atoms with Gasteiger partial charge in [-0.2, -0.15) is 0 Å². The van der Waals surface area contributed by atoms with Gasteiger partial charge in [-0.3, -0.25) is 4.98 Å². The lowest BCUT2D eigenvalue weighted by atomic mass is 9.74. The molecule has 0 spiro atoms. The van der Waals surface area contributed by atoms with Gasteiger partial charge in [0, 0.05) is 23.8 Å². The minimum atomic E-state index is 0.251. The van der Waals surface area contributed by atoms with Gasteiger partial charge in [-0.25, -0.2) is 0 Å². The highest BCUT2D eigenvalue weighted by Gasteiger charge is 2.31. The van der Waals surface area contributed by atoms with Crippen LogP contribution in [0.4, 0.5) is 0 Å². The molecule has 140 valence electrons. The topological polar surface area (TPSA) is 48.1 Å². The molecule has 1 aromatic carbocycles. The molecule has 1 aromatic heterocycles. The largest absolute Gasteiger partial charge is 0.489 e. The van der Waals surface area contributed by atoms with Gasteiger partial charge in [-0.15, -0.1) is 0 Å². The Hall–Kier alpha value is -1.32. The van der Waals surface area contributed by atoms with E-state index in [1.54, 1.807) is 6.20 Å². The van der Waals surface area contributed by atoms with Crippen LogP contribution >= 0.6 is 11.6 Å². The van der Waals surface area contributed by atoms with Crippen LogP contribution in [0.3, 0.4) is 0 Å². The minimum Gasteiger partial charge on any atom is -0.489 e. The van der Waals surface area contributed by atoms with E-state index in [1.165, 1.54) is 44.9 Å². The summed E-state index contributed by atoms with van der Waals surface area (Å²) in [5.74, 6) is 2.20. The number of ether oxygens (including phenoxy) is 1. The Morgan fingerprint density at radius 1 is 0.962 bits per heavy atom. The summed E-state index contributed by atoms with van der Waals surface area (Å²) in [7, 11) is 0. The van der Waals surface area contributed by atoms with E-state index in [1.807, 2.05) is 24.4 Å². The average molecular weight is 373 g/mol. The van der Waals surface area contributed by atoms with Crippen molar-refractivity contribution >= 4 is 22.4 Å². The Labute approximate surface area is 161 Å². The molecule has 2 N–H and O–H groups in total. The quantitative estimate of drug-likeness (QED) is 0.745. The molecule has 2 aromatic rings. The smallest absolute Gasteiger partial charge is 0.138 e. The molecule has 3 nitrogen and oxygen atoms in total. The molecule has 0 amide bonds. The van der Waals surface area contributed by atoms with Gasteiger partial charge < -0.3 is 10.5 Å². The van der Waals surface area contributed by atoms with Crippen LogP contribution in [-0.4, -0.2) is 17.1 Å². The molecule has 1 atom stereocenters. The van der Waals surface area contributed by atoms with Crippen LogP contribution in [0.25, 0.3) is 10.8 Å². The Morgan fingerprint density at radius 3 is 2.46 bits per heavy atom. The van der Waals surface area contributed by atoms with E-state index in [9.17, 15) is 0 Å². The van der Waals surface area contributed by atoms with Gasteiger partial charge in [0.2, 0.25) is 0 Å². The van der Waals surface area contributed by atoms with E-state index in [2.05, 4.69) is 4.98 Å². The van der Waals surface area contributed by atoms with E-state index < -0.39 is 0 Å². The fourth-order valence-corrected chi connectivity index (χ4v) is 5.07. The number of aromatic nitrogens is 1. The number of pyridine rings is 1. The fourth-order valence-electron chi connectivity index (χ4n) is 4.85. The maximum atomic E-state index is 6.64. The third-order valence-corrected chi connectivity index (χ3v) is 6.74. The number of halogens is 1. The second kappa shape index (κ2) is 8.14. The Bertz CT molecular complexity index is 736. The van der Waals surface area contributed by atoms with Gasteiger partial charge in [-0.05, 0) is 73.9 Å². The number of nitrogens with two attached hydrogens (primary N) is 1. The number of nitrogens with zero attached hydrogens (tertiary/aromatic N) is 1. The number of rotatable bonds is 4. The molecule has 1 heterocycles. The molecule has 1 unspecified atom stereocenters. The summed E-state index contributed by atoms with van der Waals surface area (Å²) in [5, 5.41) is 2.84. The van der Waals surface area contributed by atoms with Crippen molar-refractivity contribution in [1.82, 2.24) is 4.98 Å². The van der Waals surface area contributed by atoms with Gasteiger partial charge in [0.1, 0.15) is 5.75 Å². The molecule has 0 bridgehead atoms. The van der Waals surface area contributed by atoms with Crippen LogP contribution in [0.5, 0.6) is 5.75 Å². The molecule has 0 saturated heterocycles. The Morgan fingerprint density at radius 2 is 1.69 bits per heavy atom. The summed E-state index contributed by atoms with van der Waals surface area (Å²) in [6.45, 7) is 0. The second-order valence-corrected chi connectivity index (χ2v) is 8.54. The standard InChI is InChI=1S/C22H29ClN2O/c23-20-12-18-14-25-11-10-17(18)13-21(20)26-19-8-6-16(7-9-19)22(24)15-4-2-1-3-5-15/h10-16,19,22H,1-9,24H2/t16-,19-,22?. The summed E-state index contributed by atoms with van der Waals surface area (Å²) in [6, 6.07) is 6.37. The molecule has 26 heavy (non-hydrogen) atoms. The normalized spacial score (nSPS) is 25.9. The van der Waals surface area contributed by atoms with Crippen molar-refractivity contribution in [3.63, 3.8) is 0 Å². The molecule has 0 radical (unpaired) electrons. The summed E-state index contributed by atoms with van der Waals surface area (Å²) < 4.78 is 6.27. The highest BCUT2D eigenvalue weighted by atomic mass is 35.5. The first-order valence-electron chi connectivity index (χ1n) is 10.2. The second-order valence-electron chi connectivity index (χ2n) is 8.14. The van der Waals surface area contributed by atoms with E-state index in [0.29, 0.717) is 17.0 Å². The molecule has 4 rings (SSSR count). The highest BCUT2D eigenvalue weighted by molar-refractivity contribution is 6.32. The molecule has 2 fully saturated rings. The van der Waals surface area contributed by atoms with E-state index in [-0.39, 0.29) is 6.10 Å². The van der Waals surface area contributed by atoms with Crippen molar-refractivity contribution in [2.45, 2.75) is 69.9 Å². The number of fused-ring (bicyclic) bond motifs is 1. The molecular weight excluding hydrogens is 344 g/mol. The van der Waals surface area contributed by atoms with Crippen LogP contribution in [-0.2, 0) is 0 Å². The Balaban J connectivity index is 1.36. The zero-order valence-electron chi connectivity index (χ0n) is 15.4. The van der Waals surface area contributed by atoms with E-state index >= 15 is 0 Å². The SMILES string of the molecule is NC(C1CCCCC1)[C@H]1CC[C@H](Oc2cc3ccncc3cc2Cl)CC1. The summed E-state index contributed by atoms with van der Waals surface area (Å²) in [4.78, 5) is 4.15. The van der Waals surface area contributed by atoms with Gasteiger partial charge in [0.15, 0.2) is 0 Å². The molecular formula is C22H29ClN2O. The first-order chi connectivity index (χ1) is 12.7. The minimum absolute atomic E-state index is 0.251. The molecule has 2 aliphatic carbocycles. The number of hydrogen-bond acceptors (Lipinski definition) is 3. The van der Waals surface area contributed by atoms with Gasteiger partial charge in [-0.1, -0.05) is 30.9 Å². The first kappa shape index (κ1) is 18.1. The van der Waals surface area contributed by atoms with Crippen LogP contribution in [0, 0.1) is 11.8 Å². The van der Waals surface area contributed by atoms with Crippen molar-refractivity contribution < 1.29 is 4.74 Å². The molecule has 2 saturated carbocycles. The molecule has 2 aliphatic rings. The van der Waals surface area contributed by atoms with Gasteiger partial charge in [0.25, 0.3) is 0 Å². The van der Waals surface area contributed by atoms with Crippen LogP contribution in [0.2, 0.25) is 5.02 Å². The summed E-state index contributed by atoms with van der Waals surface area (Å²) in [6.07, 6.45) is 15.2. The fraction of sp³-hybridized carbons (Fsp3) is 0.591. The van der Waals surface area contributed by atoms with Gasteiger partial charge in [0.05, 0.1) is 11.1 Å². The third kappa shape index (κ3) is 3.99. The lowest BCUT2D eigenvalue weighted by Crippen LogP contribution is -2.41. The third-order valence-electron chi connectivity index (χ3n) is 6.44. The lowest BCUT2D eigenvalue weighted by Gasteiger charge is -2.37. The predicted octanol–water partition coefficient (Wildman–Crippen LogP) is 5.73. The van der Waals surface area contributed by atoms with Gasteiger partial charge >= 0.3 is 0 Å². The van der Waals surface area contributed by atoms with Crippen LogP contribution < -0.4 is 10.5 Å². The maximum Gasteiger partial charge on any atom is 0.138 e. The monoisotopic (exact) mass is 372 g/mol. The first-order valence-corrected chi connectivity index (χ1v) is 10.5. The van der Waals surface area contributed by atoms with E-state index in [0.717, 1.165) is 35.3 Å². The van der Waals surface area contributed by atoms with Crippen LogP contribution in [0.1, 0.15) is 57.8 Å². The zero-order chi connectivity index (χ0) is 17.9. The van der Waals surface area contributed by atoms with Crippen molar-refractivity contribution in [2.24, 2.45) is 17.6 Å². The molecule has 0 aliphatic heterocycles. The van der Waals surface area contributed by atoms with Crippen molar-refractivity contribution in [2.75, 3.05) is 0 Å². The van der Waals surface area contributed by atoms with Crippen molar-refractivity contribution in [3.05, 3.63) is 35.6 Å². The molecule has 4 heteroatoms. The average Bonchev–Trinajstić information content (AvgIpc) is 2.69. The highest BCUT2D eigenvalue weighted by Crippen LogP contribution is 2.37. The van der Waals surface area contributed by atoms with Crippen molar-refractivity contribution in [1.29, 1.82) is 0 Å². The van der Waals surface area contributed by atoms with E-state index in [4.69, 9.17) is 22.1 Å². The lowest BCUT2D eigenvalue weighted by molar-refractivity contribution is 0.108. The van der Waals surface area contributed by atoms with Crippen LogP contribution in [0.15, 0.2) is 30.6 Å². The van der Waals surface area contributed by atoms with Crippen molar-refractivity contribution in [3.8, 4) is 5.75 Å². The number of benzene rings is 1.